The molecule has 1 fully saturated rings. The molecule has 0 bridgehead atoms. The number of hydrogen-bond donors (Lipinski definition) is 1. The third kappa shape index (κ3) is 4.35. The number of carbonyl (C=O) groups excluding carboxylic acids is 3. The van der Waals surface area contributed by atoms with E-state index in [2.05, 4.69) is 17.2 Å². The SMILES string of the molecule is O=C(CN1C(=O)CCC1=O)NCC#Cc1ccccc1C(F)(F)F. The number of halogens is 3. The molecule has 1 aromatic carbocycles. The van der Waals surface area contributed by atoms with Crippen molar-refractivity contribution in [2.24, 2.45) is 0 Å². The minimum atomic E-state index is -4.51. The molecule has 0 saturated carbocycles. The van der Waals surface area contributed by atoms with Crippen LogP contribution in [0.2, 0.25) is 0 Å². The predicted molar refractivity (Wildman–Crippen MR) is 77.3 cm³/mol. The highest BCUT2D eigenvalue weighted by molar-refractivity contribution is 6.04. The Balaban J connectivity index is 1.92. The van der Waals surface area contributed by atoms with Crippen LogP contribution in [0.15, 0.2) is 24.3 Å². The van der Waals surface area contributed by atoms with E-state index < -0.39 is 36.0 Å². The Kier molecular flexibility index (Phi) is 5.24. The zero-order chi connectivity index (χ0) is 17.7. The first-order valence-electron chi connectivity index (χ1n) is 7.04. The highest BCUT2D eigenvalue weighted by atomic mass is 19.4. The molecule has 0 spiro atoms. The van der Waals surface area contributed by atoms with Gasteiger partial charge in [-0.1, -0.05) is 24.0 Å². The van der Waals surface area contributed by atoms with Crippen molar-refractivity contribution in [2.45, 2.75) is 19.0 Å². The molecule has 8 heteroatoms. The van der Waals surface area contributed by atoms with Gasteiger partial charge in [0, 0.05) is 18.4 Å². The summed E-state index contributed by atoms with van der Waals surface area (Å²) in [6, 6.07) is 4.86. The Bertz CT molecular complexity index is 716. The van der Waals surface area contributed by atoms with Crippen LogP contribution >= 0.6 is 0 Å². The molecule has 1 aromatic rings. The Morgan fingerprint density at radius 2 is 1.79 bits per heavy atom. The Morgan fingerprint density at radius 1 is 1.17 bits per heavy atom. The lowest BCUT2D eigenvalue weighted by atomic mass is 10.1. The molecule has 0 aromatic heterocycles. The second-order valence-electron chi connectivity index (χ2n) is 5.00. The van der Waals surface area contributed by atoms with Crippen molar-refractivity contribution in [3.05, 3.63) is 35.4 Å². The predicted octanol–water partition coefficient (Wildman–Crippen LogP) is 1.32. The minimum Gasteiger partial charge on any atom is -0.344 e. The van der Waals surface area contributed by atoms with E-state index in [1.54, 1.807) is 0 Å². The number of hydrogen-bond acceptors (Lipinski definition) is 3. The number of imide groups is 1. The van der Waals surface area contributed by atoms with Crippen LogP contribution in [0.4, 0.5) is 13.2 Å². The van der Waals surface area contributed by atoms with Gasteiger partial charge in [-0.25, -0.2) is 0 Å². The summed E-state index contributed by atoms with van der Waals surface area (Å²) < 4.78 is 38.3. The van der Waals surface area contributed by atoms with Gasteiger partial charge in [-0.15, -0.1) is 0 Å². The molecule has 0 unspecified atom stereocenters. The van der Waals surface area contributed by atoms with E-state index in [1.165, 1.54) is 18.2 Å². The van der Waals surface area contributed by atoms with Gasteiger partial charge in [-0.05, 0) is 12.1 Å². The number of nitrogens with zero attached hydrogens (tertiary/aromatic N) is 1. The van der Waals surface area contributed by atoms with Gasteiger partial charge in [0.05, 0.1) is 12.1 Å². The molecular weight excluding hydrogens is 325 g/mol. The molecule has 1 heterocycles. The van der Waals surface area contributed by atoms with Gasteiger partial charge in [0.25, 0.3) is 0 Å². The van der Waals surface area contributed by atoms with E-state index in [-0.39, 0.29) is 24.9 Å². The summed E-state index contributed by atoms with van der Waals surface area (Å²) >= 11 is 0. The van der Waals surface area contributed by atoms with E-state index >= 15 is 0 Å². The lowest BCUT2D eigenvalue weighted by Gasteiger charge is -2.12. The zero-order valence-corrected chi connectivity index (χ0v) is 12.4. The average Bonchev–Trinajstić information content (AvgIpc) is 2.83. The molecule has 1 N–H and O–H groups in total. The summed E-state index contributed by atoms with van der Waals surface area (Å²) in [4.78, 5) is 35.2. The molecular formula is C16H13F3N2O3. The Morgan fingerprint density at radius 3 is 2.42 bits per heavy atom. The maximum absolute atomic E-state index is 12.8. The first-order chi connectivity index (χ1) is 11.3. The third-order valence-corrected chi connectivity index (χ3v) is 3.29. The first kappa shape index (κ1) is 17.5. The summed E-state index contributed by atoms with van der Waals surface area (Å²) in [5, 5.41) is 2.34. The number of carbonyl (C=O) groups is 3. The molecule has 3 amide bonds. The maximum atomic E-state index is 12.8. The zero-order valence-electron chi connectivity index (χ0n) is 12.4. The summed E-state index contributed by atoms with van der Waals surface area (Å²) in [7, 11) is 0. The summed E-state index contributed by atoms with van der Waals surface area (Å²) in [5.41, 5.74) is -1.04. The van der Waals surface area contributed by atoms with Gasteiger partial charge in [0.15, 0.2) is 0 Å². The van der Waals surface area contributed by atoms with E-state index in [0.717, 1.165) is 11.0 Å². The van der Waals surface area contributed by atoms with E-state index in [1.807, 2.05) is 0 Å². The second-order valence-corrected chi connectivity index (χ2v) is 5.00. The third-order valence-electron chi connectivity index (χ3n) is 3.29. The lowest BCUT2D eigenvalue weighted by Crippen LogP contribution is -2.40. The number of amides is 3. The summed E-state index contributed by atoms with van der Waals surface area (Å²) in [6.07, 6.45) is -4.34. The van der Waals surface area contributed by atoms with E-state index in [0.29, 0.717) is 0 Å². The van der Waals surface area contributed by atoms with Crippen molar-refractivity contribution in [3.8, 4) is 11.8 Å². The monoisotopic (exact) mass is 338 g/mol. The molecule has 1 aliphatic heterocycles. The molecule has 0 aliphatic carbocycles. The number of benzene rings is 1. The van der Waals surface area contributed by atoms with E-state index in [4.69, 9.17) is 0 Å². The molecule has 24 heavy (non-hydrogen) atoms. The summed E-state index contributed by atoms with van der Waals surface area (Å²) in [5.74, 6) is 3.34. The quantitative estimate of drug-likeness (QED) is 0.668. The maximum Gasteiger partial charge on any atom is 0.417 e. The van der Waals surface area contributed by atoms with Gasteiger partial charge in [0.2, 0.25) is 17.7 Å². The van der Waals surface area contributed by atoms with Crippen LogP contribution in [-0.2, 0) is 20.6 Å². The van der Waals surface area contributed by atoms with Gasteiger partial charge < -0.3 is 5.32 Å². The van der Waals surface area contributed by atoms with Crippen LogP contribution in [-0.4, -0.2) is 35.7 Å². The van der Waals surface area contributed by atoms with Crippen molar-refractivity contribution in [1.82, 2.24) is 10.2 Å². The fourth-order valence-electron chi connectivity index (χ4n) is 2.12. The Hall–Kier alpha value is -2.82. The standard InChI is InChI=1S/C16H13F3N2O3/c17-16(18,19)12-6-2-1-4-11(12)5-3-9-20-13(22)10-21-14(23)7-8-15(21)24/h1-2,4,6H,7-10H2,(H,20,22). The lowest BCUT2D eigenvalue weighted by molar-refractivity contribution is -0.142. The fraction of sp³-hybridized carbons (Fsp3) is 0.312. The number of likely N-dealkylation sites (tertiary alicyclic amines) is 1. The molecule has 1 saturated heterocycles. The highest BCUT2D eigenvalue weighted by Gasteiger charge is 2.32. The molecule has 5 nitrogen and oxygen atoms in total. The Labute approximate surface area is 135 Å². The van der Waals surface area contributed by atoms with Crippen LogP contribution in [0.1, 0.15) is 24.0 Å². The van der Waals surface area contributed by atoms with Crippen molar-refractivity contribution >= 4 is 17.7 Å². The highest BCUT2D eigenvalue weighted by Crippen LogP contribution is 2.31. The van der Waals surface area contributed by atoms with Gasteiger partial charge in [-0.2, -0.15) is 13.2 Å². The van der Waals surface area contributed by atoms with Crippen LogP contribution in [0, 0.1) is 11.8 Å². The van der Waals surface area contributed by atoms with Gasteiger partial charge >= 0.3 is 6.18 Å². The average molecular weight is 338 g/mol. The first-order valence-corrected chi connectivity index (χ1v) is 7.04. The van der Waals surface area contributed by atoms with Crippen molar-refractivity contribution in [3.63, 3.8) is 0 Å². The van der Waals surface area contributed by atoms with Gasteiger partial charge in [-0.3, -0.25) is 19.3 Å². The minimum absolute atomic E-state index is 0.0835. The molecule has 0 radical (unpaired) electrons. The van der Waals surface area contributed by atoms with Crippen LogP contribution in [0.5, 0.6) is 0 Å². The molecule has 126 valence electrons. The van der Waals surface area contributed by atoms with Crippen LogP contribution < -0.4 is 5.32 Å². The molecule has 1 aliphatic rings. The summed E-state index contributed by atoms with van der Waals surface area (Å²) in [6.45, 7) is -0.597. The normalized spacial score (nSPS) is 14.4. The van der Waals surface area contributed by atoms with Crippen molar-refractivity contribution in [2.75, 3.05) is 13.1 Å². The second kappa shape index (κ2) is 7.17. The van der Waals surface area contributed by atoms with E-state index in [9.17, 15) is 27.6 Å². The largest absolute Gasteiger partial charge is 0.417 e. The number of nitrogens with one attached hydrogen (secondary N) is 1. The van der Waals surface area contributed by atoms with Crippen molar-refractivity contribution in [1.29, 1.82) is 0 Å². The number of rotatable bonds is 3. The fourth-order valence-corrected chi connectivity index (χ4v) is 2.12. The molecule has 0 atom stereocenters. The van der Waals surface area contributed by atoms with Crippen LogP contribution in [0.3, 0.4) is 0 Å². The van der Waals surface area contributed by atoms with Crippen LogP contribution in [0.25, 0.3) is 0 Å². The van der Waals surface area contributed by atoms with Crippen molar-refractivity contribution < 1.29 is 27.6 Å². The molecule has 2 rings (SSSR count). The number of alkyl halides is 3. The van der Waals surface area contributed by atoms with Gasteiger partial charge in [0.1, 0.15) is 6.54 Å². The topological polar surface area (TPSA) is 66.5 Å². The smallest absolute Gasteiger partial charge is 0.344 e.